The molecule has 0 bridgehead atoms. The van der Waals surface area contributed by atoms with Crippen molar-refractivity contribution >= 4 is 17.3 Å². The molecule has 2 aromatic carbocycles. The van der Waals surface area contributed by atoms with E-state index < -0.39 is 4.92 Å². The summed E-state index contributed by atoms with van der Waals surface area (Å²) in [4.78, 5) is 24.8. The van der Waals surface area contributed by atoms with E-state index in [-0.39, 0.29) is 17.6 Å². The maximum Gasteiger partial charge on any atom is 0.269 e. The summed E-state index contributed by atoms with van der Waals surface area (Å²) in [7, 11) is 2.03. The van der Waals surface area contributed by atoms with Gasteiger partial charge in [0.2, 0.25) is 5.91 Å². The van der Waals surface area contributed by atoms with Crippen LogP contribution in [0.5, 0.6) is 0 Å². The first-order chi connectivity index (χ1) is 11.5. The van der Waals surface area contributed by atoms with E-state index >= 15 is 0 Å². The van der Waals surface area contributed by atoms with Crippen molar-refractivity contribution in [3.05, 3.63) is 69.8 Å². The van der Waals surface area contributed by atoms with Crippen LogP contribution >= 0.6 is 0 Å². The second kappa shape index (κ2) is 6.80. The number of nitrogens with zero attached hydrogens (tertiary/aromatic N) is 2. The van der Waals surface area contributed by atoms with Crippen LogP contribution < -0.4 is 5.32 Å². The van der Waals surface area contributed by atoms with Crippen molar-refractivity contribution in [2.75, 3.05) is 18.9 Å². The van der Waals surface area contributed by atoms with Crippen LogP contribution in [0.1, 0.15) is 23.6 Å². The van der Waals surface area contributed by atoms with Gasteiger partial charge in [0.05, 0.1) is 4.92 Å². The molecule has 6 heteroatoms. The van der Waals surface area contributed by atoms with Gasteiger partial charge in [-0.25, -0.2) is 0 Å². The Morgan fingerprint density at radius 2 is 1.96 bits per heavy atom. The first-order valence-corrected chi connectivity index (χ1v) is 7.87. The number of amides is 1. The molecule has 1 unspecified atom stereocenters. The average Bonchev–Trinajstić information content (AvgIpc) is 2.58. The third-order valence-corrected chi connectivity index (χ3v) is 4.42. The number of hydrogen-bond acceptors (Lipinski definition) is 4. The van der Waals surface area contributed by atoms with Crippen molar-refractivity contribution in [1.29, 1.82) is 0 Å². The predicted molar refractivity (Wildman–Crippen MR) is 91.9 cm³/mol. The molecule has 1 N–H and O–H groups in total. The lowest BCUT2D eigenvalue weighted by molar-refractivity contribution is -0.384. The lowest BCUT2D eigenvalue weighted by Gasteiger charge is -2.34. The van der Waals surface area contributed by atoms with E-state index in [1.807, 2.05) is 19.2 Å². The van der Waals surface area contributed by atoms with Crippen LogP contribution in [-0.4, -0.2) is 29.3 Å². The molecule has 0 fully saturated rings. The lowest BCUT2D eigenvalue weighted by Crippen LogP contribution is -2.34. The van der Waals surface area contributed by atoms with Crippen LogP contribution in [0, 0.1) is 10.1 Å². The zero-order valence-electron chi connectivity index (χ0n) is 13.4. The topological polar surface area (TPSA) is 75.5 Å². The molecular weight excluding hydrogens is 306 g/mol. The third kappa shape index (κ3) is 3.44. The van der Waals surface area contributed by atoms with Gasteiger partial charge < -0.3 is 5.32 Å². The van der Waals surface area contributed by atoms with Crippen LogP contribution in [0.25, 0.3) is 0 Å². The van der Waals surface area contributed by atoms with Crippen LogP contribution in [-0.2, 0) is 11.2 Å². The minimum Gasteiger partial charge on any atom is -0.326 e. The first kappa shape index (κ1) is 16.1. The van der Waals surface area contributed by atoms with Crippen molar-refractivity contribution in [2.45, 2.75) is 18.9 Å². The molecule has 0 aromatic heterocycles. The molecule has 1 atom stereocenters. The summed E-state index contributed by atoms with van der Waals surface area (Å²) in [5.41, 5.74) is 3.07. The number of nitrogens with one attached hydrogen (secondary N) is 1. The summed E-state index contributed by atoms with van der Waals surface area (Å²) in [6.07, 6.45) is 1.34. The van der Waals surface area contributed by atoms with Gasteiger partial charge in [0.1, 0.15) is 0 Å². The van der Waals surface area contributed by atoms with Gasteiger partial charge in [-0.05, 0) is 36.7 Å². The second-order valence-electron chi connectivity index (χ2n) is 6.00. The largest absolute Gasteiger partial charge is 0.326 e. The number of fused-ring (bicyclic) bond motifs is 1. The second-order valence-corrected chi connectivity index (χ2v) is 6.00. The molecule has 24 heavy (non-hydrogen) atoms. The maximum atomic E-state index is 12.4. The van der Waals surface area contributed by atoms with Crippen LogP contribution in [0.3, 0.4) is 0 Å². The molecule has 0 radical (unpaired) electrons. The molecule has 2 aromatic rings. The van der Waals surface area contributed by atoms with E-state index in [0.717, 1.165) is 13.0 Å². The molecule has 124 valence electrons. The monoisotopic (exact) mass is 325 g/mol. The number of non-ortho nitro benzene ring substituents is 1. The highest BCUT2D eigenvalue weighted by Crippen LogP contribution is 2.31. The van der Waals surface area contributed by atoms with Gasteiger partial charge in [-0.3, -0.25) is 19.8 Å². The highest BCUT2D eigenvalue weighted by atomic mass is 16.6. The minimum absolute atomic E-state index is 0.00828. The molecule has 0 spiro atoms. The van der Waals surface area contributed by atoms with E-state index in [0.29, 0.717) is 12.1 Å². The Labute approximate surface area is 140 Å². The fourth-order valence-corrected chi connectivity index (χ4v) is 3.10. The summed E-state index contributed by atoms with van der Waals surface area (Å²) in [5, 5.41) is 13.5. The van der Waals surface area contributed by atoms with E-state index in [4.69, 9.17) is 0 Å². The van der Waals surface area contributed by atoms with Gasteiger partial charge in [-0.1, -0.05) is 24.3 Å². The lowest BCUT2D eigenvalue weighted by atomic mass is 9.91. The van der Waals surface area contributed by atoms with Gasteiger partial charge >= 0.3 is 0 Å². The Kier molecular flexibility index (Phi) is 4.57. The number of benzene rings is 2. The van der Waals surface area contributed by atoms with Gasteiger partial charge in [0, 0.05) is 36.8 Å². The van der Waals surface area contributed by atoms with Crippen molar-refractivity contribution in [1.82, 2.24) is 4.90 Å². The summed E-state index contributed by atoms with van der Waals surface area (Å²) in [6.45, 7) is 0.923. The molecule has 0 saturated carbocycles. The van der Waals surface area contributed by atoms with Crippen LogP contribution in [0.15, 0.2) is 48.5 Å². The Bertz CT molecular complexity index is 758. The number of carbonyl (C=O) groups is 1. The Morgan fingerprint density at radius 3 is 2.67 bits per heavy atom. The first-order valence-electron chi connectivity index (χ1n) is 7.87. The summed E-state index contributed by atoms with van der Waals surface area (Å²) in [5.74, 6) is -0.0996. The van der Waals surface area contributed by atoms with Crippen LogP contribution in [0.2, 0.25) is 0 Å². The maximum absolute atomic E-state index is 12.4. The van der Waals surface area contributed by atoms with Gasteiger partial charge in [-0.2, -0.15) is 0 Å². The van der Waals surface area contributed by atoms with Crippen molar-refractivity contribution < 1.29 is 9.72 Å². The Balaban J connectivity index is 1.69. The number of nitro benzene ring substituents is 1. The van der Waals surface area contributed by atoms with E-state index in [1.54, 1.807) is 12.1 Å². The van der Waals surface area contributed by atoms with Crippen molar-refractivity contribution in [2.24, 2.45) is 0 Å². The number of rotatable bonds is 4. The number of nitro groups is 1. The minimum atomic E-state index is -0.459. The Hall–Kier alpha value is -2.73. The van der Waals surface area contributed by atoms with Gasteiger partial charge in [0.15, 0.2) is 0 Å². The van der Waals surface area contributed by atoms with Gasteiger partial charge in [0.25, 0.3) is 5.69 Å². The molecule has 1 aliphatic rings. The molecule has 1 amide bonds. The molecular formula is C18H19N3O3. The average molecular weight is 325 g/mol. The van der Waals surface area contributed by atoms with E-state index in [1.165, 1.54) is 23.3 Å². The standard InChI is InChI=1S/C18H19N3O3/c1-20-11-10-13-4-2-3-5-16(13)17(20)12-18(22)19-14-6-8-15(9-7-14)21(23)24/h2-9,17H,10-12H2,1H3,(H,19,22). The smallest absolute Gasteiger partial charge is 0.269 e. The molecule has 0 aliphatic carbocycles. The quantitative estimate of drug-likeness (QED) is 0.692. The number of likely N-dealkylation sites (N-methyl/N-ethyl adjacent to an activating group) is 1. The van der Waals surface area contributed by atoms with Crippen LogP contribution in [0.4, 0.5) is 11.4 Å². The highest BCUT2D eigenvalue weighted by molar-refractivity contribution is 5.91. The zero-order chi connectivity index (χ0) is 17.1. The molecule has 6 nitrogen and oxygen atoms in total. The third-order valence-electron chi connectivity index (χ3n) is 4.42. The number of hydrogen-bond donors (Lipinski definition) is 1. The fraction of sp³-hybridized carbons (Fsp3) is 0.278. The SMILES string of the molecule is CN1CCc2ccccc2C1CC(=O)Nc1ccc([N+](=O)[O-])cc1. The zero-order valence-corrected chi connectivity index (χ0v) is 13.4. The van der Waals surface area contributed by atoms with E-state index in [2.05, 4.69) is 22.3 Å². The van der Waals surface area contributed by atoms with Crippen molar-refractivity contribution in [3.63, 3.8) is 0 Å². The molecule has 1 aliphatic heterocycles. The van der Waals surface area contributed by atoms with E-state index in [9.17, 15) is 14.9 Å². The van der Waals surface area contributed by atoms with Gasteiger partial charge in [-0.15, -0.1) is 0 Å². The molecule has 3 rings (SSSR count). The normalized spacial score (nSPS) is 17.1. The highest BCUT2D eigenvalue weighted by Gasteiger charge is 2.26. The number of anilines is 1. The summed E-state index contributed by atoms with van der Waals surface area (Å²) >= 11 is 0. The van der Waals surface area contributed by atoms with Crippen molar-refractivity contribution in [3.8, 4) is 0 Å². The fourth-order valence-electron chi connectivity index (χ4n) is 3.10. The Morgan fingerprint density at radius 1 is 1.25 bits per heavy atom. The molecule has 0 saturated heterocycles. The number of carbonyl (C=O) groups excluding carboxylic acids is 1. The predicted octanol–water partition coefficient (Wildman–Crippen LogP) is 3.15. The summed E-state index contributed by atoms with van der Waals surface area (Å²) in [6, 6.07) is 14.1. The molecule has 1 heterocycles. The summed E-state index contributed by atoms with van der Waals surface area (Å²) < 4.78 is 0.